The molecule has 0 bridgehead atoms. The van der Waals surface area contributed by atoms with Crippen LogP contribution in [-0.4, -0.2) is 45.3 Å². The number of piperazine rings is 1. The van der Waals surface area contributed by atoms with Crippen molar-refractivity contribution in [3.63, 3.8) is 0 Å². The molecule has 21 heavy (non-hydrogen) atoms. The number of hydrogen-bond acceptors (Lipinski definition) is 4. The van der Waals surface area contributed by atoms with Crippen molar-refractivity contribution in [2.45, 2.75) is 33.4 Å². The Kier molecular flexibility index (Phi) is 4.03. The SMILES string of the molecule is Cc1nn(-c2ccccn2)c(C)c1CN1CCN[C@@H](C)C1. The third kappa shape index (κ3) is 2.99. The summed E-state index contributed by atoms with van der Waals surface area (Å²) < 4.78 is 1.95. The molecule has 1 atom stereocenters. The molecule has 2 aromatic rings. The molecule has 1 saturated heterocycles. The zero-order valence-electron chi connectivity index (χ0n) is 13.0. The van der Waals surface area contributed by atoms with Crippen molar-refractivity contribution < 1.29 is 0 Å². The highest BCUT2D eigenvalue weighted by Crippen LogP contribution is 2.19. The fraction of sp³-hybridized carbons (Fsp3) is 0.500. The summed E-state index contributed by atoms with van der Waals surface area (Å²) in [6, 6.07) is 6.48. The Balaban J connectivity index is 1.85. The van der Waals surface area contributed by atoms with Crippen molar-refractivity contribution in [2.75, 3.05) is 19.6 Å². The maximum atomic E-state index is 4.68. The standard InChI is InChI=1S/C16H23N5/c1-12-10-20(9-8-17-12)11-15-13(2)19-21(14(15)3)16-6-4-5-7-18-16/h4-7,12,17H,8-11H2,1-3H3/t12-/m0/s1. The van der Waals surface area contributed by atoms with Crippen molar-refractivity contribution in [1.82, 2.24) is 25.0 Å². The number of aryl methyl sites for hydroxylation is 1. The molecule has 0 spiro atoms. The number of pyridine rings is 1. The predicted molar refractivity (Wildman–Crippen MR) is 83.6 cm³/mol. The van der Waals surface area contributed by atoms with E-state index >= 15 is 0 Å². The smallest absolute Gasteiger partial charge is 0.153 e. The number of aromatic nitrogens is 3. The van der Waals surface area contributed by atoms with Crippen LogP contribution in [0.2, 0.25) is 0 Å². The van der Waals surface area contributed by atoms with Crippen molar-refractivity contribution in [2.24, 2.45) is 0 Å². The molecule has 1 aliphatic heterocycles. The average molecular weight is 285 g/mol. The van der Waals surface area contributed by atoms with E-state index in [9.17, 15) is 0 Å². The Morgan fingerprint density at radius 2 is 2.19 bits per heavy atom. The van der Waals surface area contributed by atoms with E-state index in [-0.39, 0.29) is 0 Å². The number of rotatable bonds is 3. The second-order valence-corrected chi connectivity index (χ2v) is 5.84. The summed E-state index contributed by atoms with van der Waals surface area (Å²) in [4.78, 5) is 6.90. The van der Waals surface area contributed by atoms with Crippen LogP contribution in [0.3, 0.4) is 0 Å². The Morgan fingerprint density at radius 3 is 2.90 bits per heavy atom. The summed E-state index contributed by atoms with van der Waals surface area (Å²) in [5.74, 6) is 0.887. The summed E-state index contributed by atoms with van der Waals surface area (Å²) in [5.41, 5.74) is 3.62. The van der Waals surface area contributed by atoms with Crippen molar-refractivity contribution in [3.05, 3.63) is 41.3 Å². The van der Waals surface area contributed by atoms with Gasteiger partial charge >= 0.3 is 0 Å². The van der Waals surface area contributed by atoms with Crippen LogP contribution in [0.15, 0.2) is 24.4 Å². The molecule has 3 heterocycles. The normalized spacial score (nSPS) is 19.9. The van der Waals surface area contributed by atoms with Crippen LogP contribution in [-0.2, 0) is 6.54 Å². The molecule has 1 N–H and O–H groups in total. The third-order valence-electron chi connectivity index (χ3n) is 4.14. The highest BCUT2D eigenvalue weighted by molar-refractivity contribution is 5.32. The summed E-state index contributed by atoms with van der Waals surface area (Å²) in [5, 5.41) is 8.16. The van der Waals surface area contributed by atoms with Gasteiger partial charge in [-0.2, -0.15) is 5.10 Å². The first-order valence-corrected chi connectivity index (χ1v) is 7.57. The van der Waals surface area contributed by atoms with Crippen LogP contribution in [0.5, 0.6) is 0 Å². The van der Waals surface area contributed by atoms with E-state index in [0.29, 0.717) is 6.04 Å². The molecule has 112 valence electrons. The molecular formula is C16H23N5. The lowest BCUT2D eigenvalue weighted by Gasteiger charge is -2.31. The van der Waals surface area contributed by atoms with E-state index in [4.69, 9.17) is 0 Å². The van der Waals surface area contributed by atoms with Gasteiger partial charge in [-0.25, -0.2) is 9.67 Å². The van der Waals surface area contributed by atoms with Crippen molar-refractivity contribution >= 4 is 0 Å². The molecule has 5 heteroatoms. The van der Waals surface area contributed by atoms with Gasteiger partial charge in [0.05, 0.1) is 5.69 Å². The first-order chi connectivity index (χ1) is 10.1. The second kappa shape index (κ2) is 5.95. The summed E-state index contributed by atoms with van der Waals surface area (Å²) in [7, 11) is 0. The van der Waals surface area contributed by atoms with E-state index in [1.807, 2.05) is 29.1 Å². The first-order valence-electron chi connectivity index (χ1n) is 7.57. The zero-order chi connectivity index (χ0) is 14.8. The minimum Gasteiger partial charge on any atom is -0.312 e. The van der Waals surface area contributed by atoms with Gasteiger partial charge in [0.2, 0.25) is 0 Å². The van der Waals surface area contributed by atoms with E-state index in [2.05, 4.69) is 41.1 Å². The van der Waals surface area contributed by atoms with Gasteiger partial charge in [-0.3, -0.25) is 4.90 Å². The highest BCUT2D eigenvalue weighted by Gasteiger charge is 2.20. The topological polar surface area (TPSA) is 46.0 Å². The first kappa shape index (κ1) is 14.2. The minimum atomic E-state index is 0.560. The number of nitrogens with one attached hydrogen (secondary N) is 1. The fourth-order valence-electron chi connectivity index (χ4n) is 2.99. The van der Waals surface area contributed by atoms with Crippen LogP contribution in [0.1, 0.15) is 23.9 Å². The van der Waals surface area contributed by atoms with E-state index < -0.39 is 0 Å². The van der Waals surface area contributed by atoms with Crippen LogP contribution in [0, 0.1) is 13.8 Å². The van der Waals surface area contributed by atoms with Gasteiger partial charge in [-0.05, 0) is 32.9 Å². The largest absolute Gasteiger partial charge is 0.312 e. The molecule has 0 amide bonds. The van der Waals surface area contributed by atoms with E-state index in [1.54, 1.807) is 0 Å². The maximum absolute atomic E-state index is 4.68. The van der Waals surface area contributed by atoms with Crippen molar-refractivity contribution in [3.8, 4) is 5.82 Å². The number of hydrogen-bond donors (Lipinski definition) is 1. The average Bonchev–Trinajstić information content (AvgIpc) is 2.76. The second-order valence-electron chi connectivity index (χ2n) is 5.84. The zero-order valence-corrected chi connectivity index (χ0v) is 13.0. The third-order valence-corrected chi connectivity index (χ3v) is 4.14. The lowest BCUT2D eigenvalue weighted by Crippen LogP contribution is -2.48. The van der Waals surface area contributed by atoms with Gasteiger partial charge in [-0.1, -0.05) is 6.07 Å². The van der Waals surface area contributed by atoms with Crippen LogP contribution < -0.4 is 5.32 Å². The van der Waals surface area contributed by atoms with Gasteiger partial charge in [0, 0.05) is 49.7 Å². The Hall–Kier alpha value is -1.72. The number of nitrogens with zero attached hydrogens (tertiary/aromatic N) is 4. The van der Waals surface area contributed by atoms with Gasteiger partial charge < -0.3 is 5.32 Å². The molecule has 0 saturated carbocycles. The van der Waals surface area contributed by atoms with Crippen LogP contribution in [0.4, 0.5) is 0 Å². The van der Waals surface area contributed by atoms with Crippen LogP contribution in [0.25, 0.3) is 5.82 Å². The van der Waals surface area contributed by atoms with E-state index in [1.165, 1.54) is 11.3 Å². The van der Waals surface area contributed by atoms with Gasteiger partial charge in [0.1, 0.15) is 0 Å². The molecule has 3 rings (SSSR count). The molecule has 5 nitrogen and oxygen atoms in total. The molecule has 0 aromatic carbocycles. The summed E-state index contributed by atoms with van der Waals surface area (Å²) >= 11 is 0. The molecular weight excluding hydrogens is 262 g/mol. The Labute approximate surface area is 126 Å². The molecule has 0 radical (unpaired) electrons. The fourth-order valence-corrected chi connectivity index (χ4v) is 2.99. The van der Waals surface area contributed by atoms with Gasteiger partial charge in [0.15, 0.2) is 5.82 Å². The summed E-state index contributed by atoms with van der Waals surface area (Å²) in [6.07, 6.45) is 1.81. The molecule has 1 aliphatic rings. The predicted octanol–water partition coefficient (Wildman–Crippen LogP) is 1.68. The molecule has 0 unspecified atom stereocenters. The van der Waals surface area contributed by atoms with Gasteiger partial charge in [0.25, 0.3) is 0 Å². The summed E-state index contributed by atoms with van der Waals surface area (Å²) in [6.45, 7) is 10.7. The maximum Gasteiger partial charge on any atom is 0.153 e. The van der Waals surface area contributed by atoms with E-state index in [0.717, 1.165) is 37.7 Å². The minimum absolute atomic E-state index is 0.560. The Bertz CT molecular complexity index is 605. The van der Waals surface area contributed by atoms with Crippen molar-refractivity contribution in [1.29, 1.82) is 0 Å². The Morgan fingerprint density at radius 1 is 1.33 bits per heavy atom. The van der Waals surface area contributed by atoms with Gasteiger partial charge in [-0.15, -0.1) is 0 Å². The highest BCUT2D eigenvalue weighted by atomic mass is 15.3. The lowest BCUT2D eigenvalue weighted by molar-refractivity contribution is 0.199. The molecule has 0 aliphatic carbocycles. The quantitative estimate of drug-likeness (QED) is 0.932. The lowest BCUT2D eigenvalue weighted by atomic mass is 10.1. The monoisotopic (exact) mass is 285 g/mol. The van der Waals surface area contributed by atoms with Crippen LogP contribution >= 0.6 is 0 Å². The molecule has 2 aromatic heterocycles. The molecule has 1 fully saturated rings.